The number of aromatic amines is 1. The highest BCUT2D eigenvalue weighted by Crippen LogP contribution is 2.03. The van der Waals surface area contributed by atoms with E-state index in [1.807, 2.05) is 19.1 Å². The zero-order valence-corrected chi connectivity index (χ0v) is 7.00. The minimum absolute atomic E-state index is 0.0719. The molecule has 0 radical (unpaired) electrons. The second-order valence-corrected chi connectivity index (χ2v) is 2.57. The zero-order valence-electron chi connectivity index (χ0n) is 7.00. The summed E-state index contributed by atoms with van der Waals surface area (Å²) in [7, 11) is 0. The first-order valence-corrected chi connectivity index (χ1v) is 3.80. The quantitative estimate of drug-likeness (QED) is 0.674. The van der Waals surface area contributed by atoms with E-state index in [1.54, 1.807) is 12.3 Å². The lowest BCUT2D eigenvalue weighted by atomic mass is 10.1. The molecule has 0 unspecified atom stereocenters. The lowest BCUT2D eigenvalue weighted by molar-refractivity contribution is 1.19. The number of nitrogens with one attached hydrogen (secondary N) is 1. The molecule has 0 aliphatic rings. The van der Waals surface area contributed by atoms with Crippen molar-refractivity contribution in [3.8, 4) is 0 Å². The number of pyridine rings is 1. The van der Waals surface area contributed by atoms with Crippen molar-refractivity contribution in [2.75, 3.05) is 6.54 Å². The molecule has 0 spiro atoms. The molecule has 1 heterocycles. The van der Waals surface area contributed by atoms with E-state index in [0.29, 0.717) is 6.54 Å². The van der Waals surface area contributed by atoms with Gasteiger partial charge < -0.3 is 10.7 Å². The Hall–Kier alpha value is -1.35. The average Bonchev–Trinajstić information content (AvgIpc) is 2.03. The minimum atomic E-state index is -0.0719. The highest BCUT2D eigenvalue weighted by atomic mass is 16.1. The molecule has 64 valence electrons. The Morgan fingerprint density at radius 2 is 2.42 bits per heavy atom. The topological polar surface area (TPSA) is 58.9 Å². The van der Waals surface area contributed by atoms with Gasteiger partial charge in [-0.3, -0.25) is 4.79 Å². The molecule has 0 aliphatic heterocycles. The van der Waals surface area contributed by atoms with Crippen LogP contribution in [-0.4, -0.2) is 11.5 Å². The van der Waals surface area contributed by atoms with Crippen LogP contribution in [0.25, 0.3) is 6.08 Å². The van der Waals surface area contributed by atoms with Crippen molar-refractivity contribution in [1.29, 1.82) is 0 Å². The number of nitrogens with two attached hydrogens (primary N) is 1. The first-order chi connectivity index (χ1) is 5.74. The van der Waals surface area contributed by atoms with Crippen molar-refractivity contribution in [3.05, 3.63) is 39.8 Å². The normalized spacial score (nSPS) is 10.8. The van der Waals surface area contributed by atoms with Crippen LogP contribution in [0.15, 0.2) is 23.1 Å². The molecule has 0 atom stereocenters. The van der Waals surface area contributed by atoms with E-state index in [9.17, 15) is 4.79 Å². The largest absolute Gasteiger partial charge is 0.328 e. The van der Waals surface area contributed by atoms with Crippen molar-refractivity contribution in [2.45, 2.75) is 6.92 Å². The van der Waals surface area contributed by atoms with Crippen LogP contribution >= 0.6 is 0 Å². The molecule has 0 aliphatic carbocycles. The van der Waals surface area contributed by atoms with Gasteiger partial charge in [-0.25, -0.2) is 0 Å². The van der Waals surface area contributed by atoms with E-state index >= 15 is 0 Å². The predicted molar refractivity (Wildman–Crippen MR) is 49.9 cm³/mol. The standard InChI is InChI=1S/C9H12N2O/c1-7-5-9(12)11-6-8(7)3-2-4-10/h2-3,5-6H,4,10H2,1H3,(H,11,12). The maximum atomic E-state index is 10.8. The Balaban J connectivity index is 3.01. The Kier molecular flexibility index (Phi) is 2.82. The van der Waals surface area contributed by atoms with Crippen LogP contribution in [0, 0.1) is 6.92 Å². The molecule has 3 nitrogen and oxygen atoms in total. The minimum Gasteiger partial charge on any atom is -0.328 e. The monoisotopic (exact) mass is 164 g/mol. The van der Waals surface area contributed by atoms with Gasteiger partial charge in [0, 0.05) is 18.8 Å². The molecule has 0 amide bonds. The number of aromatic nitrogens is 1. The van der Waals surface area contributed by atoms with Gasteiger partial charge in [-0.2, -0.15) is 0 Å². The summed E-state index contributed by atoms with van der Waals surface area (Å²) in [6.45, 7) is 2.41. The molecule has 0 saturated heterocycles. The molecular formula is C9H12N2O. The SMILES string of the molecule is Cc1cc(=O)[nH]cc1C=CCN. The van der Waals surface area contributed by atoms with E-state index in [0.717, 1.165) is 11.1 Å². The summed E-state index contributed by atoms with van der Waals surface area (Å²) in [4.78, 5) is 13.4. The molecule has 1 aromatic heterocycles. The van der Waals surface area contributed by atoms with Gasteiger partial charge in [-0.05, 0) is 18.1 Å². The number of H-pyrrole nitrogens is 1. The van der Waals surface area contributed by atoms with Gasteiger partial charge in [-0.15, -0.1) is 0 Å². The molecule has 12 heavy (non-hydrogen) atoms. The molecule has 1 rings (SSSR count). The van der Waals surface area contributed by atoms with E-state index in [1.165, 1.54) is 0 Å². The highest BCUT2D eigenvalue weighted by Gasteiger charge is 1.92. The van der Waals surface area contributed by atoms with Gasteiger partial charge in [0.15, 0.2) is 0 Å². The zero-order chi connectivity index (χ0) is 8.97. The molecule has 0 fully saturated rings. The number of hydrogen-bond acceptors (Lipinski definition) is 2. The third-order valence-electron chi connectivity index (χ3n) is 1.61. The Morgan fingerprint density at radius 1 is 1.67 bits per heavy atom. The third-order valence-corrected chi connectivity index (χ3v) is 1.61. The third kappa shape index (κ3) is 2.07. The van der Waals surface area contributed by atoms with Crippen molar-refractivity contribution in [3.63, 3.8) is 0 Å². The van der Waals surface area contributed by atoms with Crippen molar-refractivity contribution >= 4 is 6.08 Å². The molecule has 0 aromatic carbocycles. The number of aryl methyl sites for hydroxylation is 1. The second-order valence-electron chi connectivity index (χ2n) is 2.57. The predicted octanol–water partition coefficient (Wildman–Crippen LogP) is 0.655. The van der Waals surface area contributed by atoms with Gasteiger partial charge in [0.05, 0.1) is 0 Å². The summed E-state index contributed by atoms with van der Waals surface area (Å²) < 4.78 is 0. The Morgan fingerprint density at radius 3 is 3.00 bits per heavy atom. The van der Waals surface area contributed by atoms with Gasteiger partial charge >= 0.3 is 0 Å². The van der Waals surface area contributed by atoms with Crippen molar-refractivity contribution in [1.82, 2.24) is 4.98 Å². The lowest BCUT2D eigenvalue weighted by Gasteiger charge is -1.96. The number of rotatable bonds is 2. The van der Waals surface area contributed by atoms with Crippen molar-refractivity contribution in [2.24, 2.45) is 5.73 Å². The first-order valence-electron chi connectivity index (χ1n) is 3.80. The van der Waals surface area contributed by atoms with Crippen LogP contribution in [0.2, 0.25) is 0 Å². The van der Waals surface area contributed by atoms with Crippen LogP contribution in [0.1, 0.15) is 11.1 Å². The molecule has 1 aromatic rings. The van der Waals surface area contributed by atoms with E-state index in [2.05, 4.69) is 4.98 Å². The maximum Gasteiger partial charge on any atom is 0.248 e. The number of hydrogen-bond donors (Lipinski definition) is 2. The Bertz CT molecular complexity index is 339. The summed E-state index contributed by atoms with van der Waals surface area (Å²) in [6, 6.07) is 1.57. The molecule has 3 heteroatoms. The molecule has 0 bridgehead atoms. The highest BCUT2D eigenvalue weighted by molar-refractivity contribution is 5.51. The van der Waals surface area contributed by atoms with E-state index < -0.39 is 0 Å². The van der Waals surface area contributed by atoms with Gasteiger partial charge in [0.1, 0.15) is 0 Å². The first kappa shape index (κ1) is 8.74. The van der Waals surface area contributed by atoms with E-state index in [4.69, 9.17) is 5.73 Å². The summed E-state index contributed by atoms with van der Waals surface area (Å²) in [5, 5.41) is 0. The fourth-order valence-corrected chi connectivity index (χ4v) is 0.959. The van der Waals surface area contributed by atoms with Crippen LogP contribution in [-0.2, 0) is 0 Å². The van der Waals surface area contributed by atoms with Crippen molar-refractivity contribution < 1.29 is 0 Å². The van der Waals surface area contributed by atoms with Crippen LogP contribution in [0.4, 0.5) is 0 Å². The van der Waals surface area contributed by atoms with E-state index in [-0.39, 0.29) is 5.56 Å². The van der Waals surface area contributed by atoms with Gasteiger partial charge in [0.25, 0.3) is 0 Å². The molecule has 3 N–H and O–H groups in total. The average molecular weight is 164 g/mol. The summed E-state index contributed by atoms with van der Waals surface area (Å²) in [5.74, 6) is 0. The summed E-state index contributed by atoms with van der Waals surface area (Å²) >= 11 is 0. The Labute approximate surface area is 70.9 Å². The fourth-order valence-electron chi connectivity index (χ4n) is 0.959. The van der Waals surface area contributed by atoms with Crippen LogP contribution in [0.5, 0.6) is 0 Å². The smallest absolute Gasteiger partial charge is 0.248 e. The molecule has 0 saturated carbocycles. The maximum absolute atomic E-state index is 10.8. The summed E-state index contributed by atoms with van der Waals surface area (Å²) in [6.07, 6.45) is 5.43. The fraction of sp³-hybridized carbons (Fsp3) is 0.222. The lowest BCUT2D eigenvalue weighted by Crippen LogP contribution is -2.04. The van der Waals surface area contributed by atoms with Gasteiger partial charge in [0.2, 0.25) is 5.56 Å². The second kappa shape index (κ2) is 3.88. The molecular weight excluding hydrogens is 152 g/mol. The van der Waals surface area contributed by atoms with Crippen LogP contribution < -0.4 is 11.3 Å². The van der Waals surface area contributed by atoms with Crippen LogP contribution in [0.3, 0.4) is 0 Å². The van der Waals surface area contributed by atoms with Gasteiger partial charge in [-0.1, -0.05) is 12.2 Å². The summed E-state index contributed by atoms with van der Waals surface area (Å²) in [5.41, 5.74) is 7.19.